The summed E-state index contributed by atoms with van der Waals surface area (Å²) in [5.41, 5.74) is 5.92. The molecule has 0 aromatic carbocycles. The number of nitrogens with zero attached hydrogens (tertiary/aromatic N) is 1. The van der Waals surface area contributed by atoms with Crippen molar-refractivity contribution < 1.29 is 0 Å². The van der Waals surface area contributed by atoms with Crippen LogP contribution in [0.2, 0.25) is 0 Å². The van der Waals surface area contributed by atoms with E-state index in [1.54, 1.807) is 0 Å². The van der Waals surface area contributed by atoms with Gasteiger partial charge in [0.2, 0.25) is 0 Å². The maximum absolute atomic E-state index is 5.92. The Labute approximate surface area is 101 Å². The molecule has 0 radical (unpaired) electrons. The van der Waals surface area contributed by atoms with Gasteiger partial charge in [0.1, 0.15) is 0 Å². The highest BCUT2D eigenvalue weighted by Gasteiger charge is 2.39. The standard InChI is InChI=1S/C14H28N2/c1-3-13(11-8-9-11)16(4-2)14-7-5-6-12(14)10-15/h11-14H,3-10,15H2,1-2H3. The van der Waals surface area contributed by atoms with Crippen molar-refractivity contribution in [2.75, 3.05) is 13.1 Å². The first-order valence-electron chi connectivity index (χ1n) is 7.27. The minimum Gasteiger partial charge on any atom is -0.330 e. The first-order valence-corrected chi connectivity index (χ1v) is 7.27. The molecule has 2 aliphatic rings. The second-order valence-corrected chi connectivity index (χ2v) is 5.64. The summed E-state index contributed by atoms with van der Waals surface area (Å²) in [6.07, 6.45) is 8.40. The van der Waals surface area contributed by atoms with Crippen molar-refractivity contribution in [3.63, 3.8) is 0 Å². The van der Waals surface area contributed by atoms with Crippen molar-refractivity contribution in [1.82, 2.24) is 4.90 Å². The maximum Gasteiger partial charge on any atom is 0.0138 e. The van der Waals surface area contributed by atoms with E-state index in [9.17, 15) is 0 Å². The Morgan fingerprint density at radius 2 is 1.94 bits per heavy atom. The Balaban J connectivity index is 2.01. The summed E-state index contributed by atoms with van der Waals surface area (Å²) < 4.78 is 0. The Kier molecular flexibility index (Phi) is 4.26. The topological polar surface area (TPSA) is 29.3 Å². The lowest BCUT2D eigenvalue weighted by Crippen LogP contribution is -2.47. The third-order valence-electron chi connectivity index (χ3n) is 4.72. The van der Waals surface area contributed by atoms with Crippen LogP contribution in [0.25, 0.3) is 0 Å². The minimum atomic E-state index is 0.771. The van der Waals surface area contributed by atoms with Crippen LogP contribution in [-0.4, -0.2) is 30.1 Å². The Hall–Kier alpha value is -0.0800. The van der Waals surface area contributed by atoms with Gasteiger partial charge in [0, 0.05) is 12.1 Å². The van der Waals surface area contributed by atoms with Gasteiger partial charge in [0.25, 0.3) is 0 Å². The molecule has 0 heterocycles. The molecule has 0 saturated heterocycles. The molecule has 16 heavy (non-hydrogen) atoms. The van der Waals surface area contributed by atoms with Gasteiger partial charge in [-0.15, -0.1) is 0 Å². The summed E-state index contributed by atoms with van der Waals surface area (Å²) in [5.74, 6) is 1.77. The van der Waals surface area contributed by atoms with Gasteiger partial charge in [-0.2, -0.15) is 0 Å². The van der Waals surface area contributed by atoms with E-state index in [1.165, 1.54) is 45.1 Å². The van der Waals surface area contributed by atoms with E-state index < -0.39 is 0 Å². The molecule has 2 aliphatic carbocycles. The molecule has 0 bridgehead atoms. The van der Waals surface area contributed by atoms with Gasteiger partial charge in [0.05, 0.1) is 0 Å². The van der Waals surface area contributed by atoms with Crippen molar-refractivity contribution in [2.24, 2.45) is 17.6 Å². The predicted octanol–water partition coefficient (Wildman–Crippen LogP) is 2.62. The third kappa shape index (κ3) is 2.43. The van der Waals surface area contributed by atoms with Gasteiger partial charge >= 0.3 is 0 Å². The van der Waals surface area contributed by atoms with Crippen LogP contribution >= 0.6 is 0 Å². The quantitative estimate of drug-likeness (QED) is 0.751. The van der Waals surface area contributed by atoms with E-state index in [2.05, 4.69) is 18.7 Å². The number of rotatable bonds is 6. The molecule has 0 aromatic heterocycles. The second kappa shape index (κ2) is 5.50. The highest BCUT2D eigenvalue weighted by molar-refractivity contribution is 4.94. The predicted molar refractivity (Wildman–Crippen MR) is 69.4 cm³/mol. The summed E-state index contributed by atoms with van der Waals surface area (Å²) in [7, 11) is 0. The molecule has 0 aromatic rings. The van der Waals surface area contributed by atoms with Crippen molar-refractivity contribution in [2.45, 2.75) is 64.5 Å². The molecule has 2 fully saturated rings. The van der Waals surface area contributed by atoms with Crippen molar-refractivity contribution >= 4 is 0 Å². The highest BCUT2D eigenvalue weighted by Crippen LogP contribution is 2.40. The Morgan fingerprint density at radius 1 is 1.19 bits per heavy atom. The summed E-state index contributed by atoms with van der Waals surface area (Å²) in [6.45, 7) is 6.80. The lowest BCUT2D eigenvalue weighted by atomic mass is 9.98. The summed E-state index contributed by atoms with van der Waals surface area (Å²) in [4.78, 5) is 2.79. The normalized spacial score (nSPS) is 32.2. The zero-order valence-electron chi connectivity index (χ0n) is 11.0. The summed E-state index contributed by atoms with van der Waals surface area (Å²) in [6, 6.07) is 1.64. The molecule has 3 unspecified atom stereocenters. The largest absolute Gasteiger partial charge is 0.330 e. The lowest BCUT2D eigenvalue weighted by molar-refractivity contribution is 0.0976. The fourth-order valence-electron chi connectivity index (χ4n) is 3.76. The Morgan fingerprint density at radius 3 is 2.44 bits per heavy atom. The molecule has 2 nitrogen and oxygen atoms in total. The van der Waals surface area contributed by atoms with E-state index in [1.807, 2.05) is 0 Å². The SMILES string of the molecule is CCC(C1CC1)N(CC)C1CCCC1CN. The number of nitrogens with two attached hydrogens (primary N) is 1. The first kappa shape index (κ1) is 12.4. The van der Waals surface area contributed by atoms with Gasteiger partial charge in [-0.1, -0.05) is 20.3 Å². The smallest absolute Gasteiger partial charge is 0.0138 e. The van der Waals surface area contributed by atoms with Gasteiger partial charge in [-0.3, -0.25) is 4.90 Å². The van der Waals surface area contributed by atoms with Crippen molar-refractivity contribution in [3.05, 3.63) is 0 Å². The zero-order chi connectivity index (χ0) is 11.5. The Bertz CT molecular complexity index is 213. The molecule has 3 atom stereocenters. The summed E-state index contributed by atoms with van der Waals surface area (Å²) in [5, 5.41) is 0. The molecule has 94 valence electrons. The zero-order valence-corrected chi connectivity index (χ0v) is 11.0. The monoisotopic (exact) mass is 224 g/mol. The van der Waals surface area contributed by atoms with Crippen LogP contribution in [0, 0.1) is 11.8 Å². The van der Waals surface area contributed by atoms with E-state index in [0.717, 1.165) is 30.5 Å². The molecule has 0 amide bonds. The molecule has 2 heteroatoms. The van der Waals surface area contributed by atoms with E-state index in [-0.39, 0.29) is 0 Å². The van der Waals surface area contributed by atoms with Crippen molar-refractivity contribution in [1.29, 1.82) is 0 Å². The van der Waals surface area contributed by atoms with Crippen molar-refractivity contribution in [3.8, 4) is 0 Å². The van der Waals surface area contributed by atoms with Gasteiger partial charge in [-0.25, -0.2) is 0 Å². The molecular formula is C14H28N2. The fourth-order valence-corrected chi connectivity index (χ4v) is 3.76. The van der Waals surface area contributed by atoms with E-state index >= 15 is 0 Å². The first-order chi connectivity index (χ1) is 7.81. The maximum atomic E-state index is 5.92. The minimum absolute atomic E-state index is 0.771. The van der Waals surface area contributed by atoms with Crippen LogP contribution in [0.4, 0.5) is 0 Å². The average molecular weight is 224 g/mol. The highest BCUT2D eigenvalue weighted by atomic mass is 15.2. The van der Waals surface area contributed by atoms with E-state index in [0.29, 0.717) is 0 Å². The molecule has 2 N–H and O–H groups in total. The second-order valence-electron chi connectivity index (χ2n) is 5.64. The number of hydrogen-bond acceptors (Lipinski definition) is 2. The lowest BCUT2D eigenvalue weighted by Gasteiger charge is -2.38. The van der Waals surface area contributed by atoms with Crippen LogP contribution in [-0.2, 0) is 0 Å². The van der Waals surface area contributed by atoms with E-state index in [4.69, 9.17) is 5.73 Å². The van der Waals surface area contributed by atoms with Crippen LogP contribution in [0.3, 0.4) is 0 Å². The van der Waals surface area contributed by atoms with Gasteiger partial charge < -0.3 is 5.73 Å². The van der Waals surface area contributed by atoms with Crippen LogP contribution in [0.5, 0.6) is 0 Å². The molecule has 0 spiro atoms. The van der Waals surface area contributed by atoms with Gasteiger partial charge in [0.15, 0.2) is 0 Å². The number of hydrogen-bond donors (Lipinski definition) is 1. The average Bonchev–Trinajstić information content (AvgIpc) is 3.03. The molecule has 2 saturated carbocycles. The third-order valence-corrected chi connectivity index (χ3v) is 4.72. The van der Waals surface area contributed by atoms with Crippen LogP contribution in [0.1, 0.15) is 52.4 Å². The summed E-state index contributed by atoms with van der Waals surface area (Å²) >= 11 is 0. The molecular weight excluding hydrogens is 196 g/mol. The van der Waals surface area contributed by atoms with Crippen LogP contribution in [0.15, 0.2) is 0 Å². The van der Waals surface area contributed by atoms with Gasteiger partial charge in [-0.05, 0) is 57.0 Å². The fraction of sp³-hybridized carbons (Fsp3) is 1.00. The molecule has 2 rings (SSSR count). The molecule has 0 aliphatic heterocycles. The van der Waals surface area contributed by atoms with Crippen LogP contribution < -0.4 is 5.73 Å².